The topological polar surface area (TPSA) is 76.3 Å². The first-order valence-corrected chi connectivity index (χ1v) is 12.0. The summed E-state index contributed by atoms with van der Waals surface area (Å²) >= 11 is 7.30. The van der Waals surface area contributed by atoms with Gasteiger partial charge in [-0.3, -0.25) is 14.9 Å². The lowest BCUT2D eigenvalue weighted by Crippen LogP contribution is -2.36. The van der Waals surface area contributed by atoms with Gasteiger partial charge in [-0.1, -0.05) is 29.8 Å². The highest BCUT2D eigenvalue weighted by molar-refractivity contribution is 7.10. The lowest BCUT2D eigenvalue weighted by molar-refractivity contribution is -0.384. The number of amides is 1. The number of alkyl halides is 3. The second kappa shape index (κ2) is 10.4. The Bertz CT molecular complexity index is 1330. The molecule has 3 aromatic rings. The first-order chi connectivity index (χ1) is 17.0. The van der Waals surface area contributed by atoms with Crippen molar-refractivity contribution in [3.63, 3.8) is 0 Å². The Hall–Kier alpha value is -3.31. The minimum atomic E-state index is -4.82. The average Bonchev–Trinajstić information content (AvgIpc) is 3.33. The van der Waals surface area contributed by atoms with Gasteiger partial charge in [-0.25, -0.2) is 9.37 Å². The molecule has 6 nitrogen and oxygen atoms in total. The maximum Gasteiger partial charge on any atom is 0.419 e. The highest BCUT2D eigenvalue weighted by Gasteiger charge is 2.34. The van der Waals surface area contributed by atoms with Crippen LogP contribution in [-0.4, -0.2) is 33.8 Å². The van der Waals surface area contributed by atoms with Crippen molar-refractivity contribution in [1.82, 2.24) is 9.88 Å². The SMILES string of the molecule is O=C(/C=C/c1cccc(C(F)(F)F)c1F)N1CCC(c2nc(-c3ccc(Cl)c([N+](=O)[O-])c3)cs2)CC1. The number of carbonyl (C=O) groups is 1. The average molecular weight is 540 g/mol. The van der Waals surface area contributed by atoms with E-state index in [1.807, 2.05) is 5.38 Å². The molecule has 188 valence electrons. The lowest BCUT2D eigenvalue weighted by Gasteiger charge is -2.30. The third-order valence-electron chi connectivity index (χ3n) is 5.86. The van der Waals surface area contributed by atoms with E-state index in [0.717, 1.165) is 23.2 Å². The molecule has 1 aliphatic rings. The Morgan fingerprint density at radius 1 is 1.22 bits per heavy atom. The molecule has 1 amide bonds. The summed E-state index contributed by atoms with van der Waals surface area (Å²) < 4.78 is 52.8. The fourth-order valence-electron chi connectivity index (χ4n) is 3.93. The normalized spacial score (nSPS) is 15.0. The van der Waals surface area contributed by atoms with Crippen LogP contribution in [0.15, 0.2) is 47.9 Å². The monoisotopic (exact) mass is 539 g/mol. The van der Waals surface area contributed by atoms with E-state index in [1.54, 1.807) is 11.0 Å². The number of nitro benzene ring substituents is 1. The Labute approximate surface area is 212 Å². The van der Waals surface area contributed by atoms with E-state index in [9.17, 15) is 32.5 Å². The molecule has 0 radical (unpaired) electrons. The molecule has 12 heteroatoms. The summed E-state index contributed by atoms with van der Waals surface area (Å²) in [6, 6.07) is 7.41. The smallest absolute Gasteiger partial charge is 0.339 e. The van der Waals surface area contributed by atoms with Crippen LogP contribution in [0.2, 0.25) is 5.02 Å². The van der Waals surface area contributed by atoms with Crippen LogP contribution < -0.4 is 0 Å². The Morgan fingerprint density at radius 2 is 1.94 bits per heavy atom. The fourth-order valence-corrected chi connectivity index (χ4v) is 5.12. The van der Waals surface area contributed by atoms with Crippen molar-refractivity contribution in [2.75, 3.05) is 13.1 Å². The molecule has 0 N–H and O–H groups in total. The van der Waals surface area contributed by atoms with E-state index in [2.05, 4.69) is 4.98 Å². The molecule has 2 aromatic carbocycles. The summed E-state index contributed by atoms with van der Waals surface area (Å²) in [6.07, 6.45) is -1.46. The Kier molecular flexibility index (Phi) is 7.41. The van der Waals surface area contributed by atoms with Crippen molar-refractivity contribution in [2.45, 2.75) is 24.9 Å². The molecule has 1 aliphatic heterocycles. The van der Waals surface area contributed by atoms with Gasteiger partial charge in [0.2, 0.25) is 5.91 Å². The van der Waals surface area contributed by atoms with Gasteiger partial charge in [-0.05, 0) is 31.1 Å². The van der Waals surface area contributed by atoms with Crippen molar-refractivity contribution in [3.8, 4) is 11.3 Å². The molecule has 1 saturated heterocycles. The van der Waals surface area contributed by atoms with Crippen molar-refractivity contribution < 1.29 is 27.3 Å². The van der Waals surface area contributed by atoms with Crippen molar-refractivity contribution >= 4 is 40.6 Å². The molecule has 0 atom stereocenters. The third kappa shape index (κ3) is 5.57. The van der Waals surface area contributed by atoms with Crippen LogP contribution in [0.4, 0.5) is 23.2 Å². The number of carbonyl (C=O) groups excluding carboxylic acids is 1. The molecule has 0 bridgehead atoms. The third-order valence-corrected chi connectivity index (χ3v) is 7.18. The minimum Gasteiger partial charge on any atom is -0.339 e. The molecule has 0 unspecified atom stereocenters. The number of piperidine rings is 1. The predicted octanol–water partition coefficient (Wildman–Crippen LogP) is 6.95. The van der Waals surface area contributed by atoms with Gasteiger partial charge in [0.1, 0.15) is 10.8 Å². The van der Waals surface area contributed by atoms with Crippen LogP contribution in [0, 0.1) is 15.9 Å². The van der Waals surface area contributed by atoms with Gasteiger partial charge >= 0.3 is 6.18 Å². The number of hydrogen-bond donors (Lipinski definition) is 0. The molecule has 2 heterocycles. The van der Waals surface area contributed by atoms with E-state index in [0.29, 0.717) is 43.3 Å². The number of aromatic nitrogens is 1. The van der Waals surface area contributed by atoms with Gasteiger partial charge < -0.3 is 4.90 Å². The highest BCUT2D eigenvalue weighted by Crippen LogP contribution is 2.36. The quantitative estimate of drug-likeness (QED) is 0.152. The number of rotatable bonds is 5. The first-order valence-electron chi connectivity index (χ1n) is 10.8. The predicted molar refractivity (Wildman–Crippen MR) is 128 cm³/mol. The van der Waals surface area contributed by atoms with E-state index in [1.165, 1.54) is 29.5 Å². The zero-order chi connectivity index (χ0) is 26.0. The maximum absolute atomic E-state index is 14.2. The summed E-state index contributed by atoms with van der Waals surface area (Å²) in [5.74, 6) is -1.75. The van der Waals surface area contributed by atoms with Crippen molar-refractivity contribution in [1.29, 1.82) is 0 Å². The van der Waals surface area contributed by atoms with Crippen LogP contribution in [0.5, 0.6) is 0 Å². The number of halogens is 5. The number of nitro groups is 1. The first kappa shape index (κ1) is 25.8. The maximum atomic E-state index is 14.2. The van der Waals surface area contributed by atoms with E-state index < -0.39 is 28.4 Å². The van der Waals surface area contributed by atoms with Gasteiger partial charge in [0.15, 0.2) is 0 Å². The molecule has 36 heavy (non-hydrogen) atoms. The van der Waals surface area contributed by atoms with Gasteiger partial charge in [0.25, 0.3) is 5.69 Å². The summed E-state index contributed by atoms with van der Waals surface area (Å²) in [5.41, 5.74) is -0.721. The Balaban J connectivity index is 1.39. The standard InChI is InChI=1S/C24H18ClF4N3O3S/c25-18-6-4-16(12-20(18)32(34)35)19-13-36-23(30-19)15-8-10-31(11-9-15)21(33)7-5-14-2-1-3-17(22(14)26)24(27,28)29/h1-7,12-13,15H,8-11H2/b7-5+. The number of nitrogens with zero attached hydrogens (tertiary/aromatic N) is 3. The highest BCUT2D eigenvalue weighted by atomic mass is 35.5. The van der Waals surface area contributed by atoms with E-state index >= 15 is 0 Å². The number of likely N-dealkylation sites (tertiary alicyclic amines) is 1. The molecule has 4 rings (SSSR count). The zero-order valence-electron chi connectivity index (χ0n) is 18.5. The summed E-state index contributed by atoms with van der Waals surface area (Å²) in [4.78, 5) is 29.3. The molecule has 1 aromatic heterocycles. The van der Waals surface area contributed by atoms with Crippen LogP contribution >= 0.6 is 22.9 Å². The largest absolute Gasteiger partial charge is 0.419 e. The van der Waals surface area contributed by atoms with Crippen LogP contribution in [-0.2, 0) is 11.0 Å². The number of benzene rings is 2. The fraction of sp³-hybridized carbons (Fsp3) is 0.250. The number of hydrogen-bond acceptors (Lipinski definition) is 5. The summed E-state index contributed by atoms with van der Waals surface area (Å²) in [6.45, 7) is 0.806. The van der Waals surface area contributed by atoms with Crippen LogP contribution in [0.3, 0.4) is 0 Å². The van der Waals surface area contributed by atoms with Gasteiger partial charge in [0.05, 0.1) is 21.2 Å². The molecule has 0 aliphatic carbocycles. The minimum absolute atomic E-state index is 0.0427. The van der Waals surface area contributed by atoms with Crippen LogP contribution in [0.1, 0.15) is 34.9 Å². The zero-order valence-corrected chi connectivity index (χ0v) is 20.0. The van der Waals surface area contributed by atoms with E-state index in [-0.39, 0.29) is 22.2 Å². The van der Waals surface area contributed by atoms with E-state index in [4.69, 9.17) is 11.6 Å². The lowest BCUT2D eigenvalue weighted by atomic mass is 9.97. The summed E-state index contributed by atoms with van der Waals surface area (Å²) in [5, 5.41) is 13.8. The molecule has 1 fully saturated rings. The van der Waals surface area contributed by atoms with Gasteiger partial charge in [0, 0.05) is 47.7 Å². The summed E-state index contributed by atoms with van der Waals surface area (Å²) in [7, 11) is 0. The van der Waals surface area contributed by atoms with Crippen molar-refractivity contribution in [2.24, 2.45) is 0 Å². The van der Waals surface area contributed by atoms with Crippen LogP contribution in [0.25, 0.3) is 17.3 Å². The van der Waals surface area contributed by atoms with Crippen molar-refractivity contribution in [3.05, 3.63) is 84.9 Å². The second-order valence-corrected chi connectivity index (χ2v) is 9.43. The van der Waals surface area contributed by atoms with Gasteiger partial charge in [-0.15, -0.1) is 11.3 Å². The molecule has 0 saturated carbocycles. The molecule has 0 spiro atoms. The second-order valence-electron chi connectivity index (χ2n) is 8.13. The number of thiazole rings is 1. The molecular formula is C24H18ClF4N3O3S. The molecular weight excluding hydrogens is 522 g/mol. The Morgan fingerprint density at radius 3 is 2.61 bits per heavy atom. The van der Waals surface area contributed by atoms with Gasteiger partial charge in [-0.2, -0.15) is 13.2 Å².